The highest BCUT2D eigenvalue weighted by Crippen LogP contribution is 2.31. The van der Waals surface area contributed by atoms with Crippen molar-refractivity contribution in [1.29, 1.82) is 5.26 Å². The number of allylic oxidation sites excluding steroid dienone is 2. The van der Waals surface area contributed by atoms with Crippen LogP contribution in [-0.4, -0.2) is 43.6 Å². The van der Waals surface area contributed by atoms with E-state index in [9.17, 15) is 34.3 Å². The number of amides is 2. The van der Waals surface area contributed by atoms with Gasteiger partial charge in [-0.2, -0.15) is 5.26 Å². The van der Waals surface area contributed by atoms with Crippen molar-refractivity contribution in [3.8, 4) is 17.6 Å². The zero-order chi connectivity index (χ0) is 31.6. The molecule has 0 spiro atoms. The van der Waals surface area contributed by atoms with Crippen molar-refractivity contribution in [2.24, 2.45) is 0 Å². The van der Waals surface area contributed by atoms with Crippen molar-refractivity contribution >= 4 is 35.5 Å². The predicted molar refractivity (Wildman–Crippen MR) is 152 cm³/mol. The van der Waals surface area contributed by atoms with Gasteiger partial charge in [-0.25, -0.2) is 19.0 Å². The van der Waals surface area contributed by atoms with Crippen molar-refractivity contribution in [3.63, 3.8) is 0 Å². The molecule has 1 aromatic heterocycles. The van der Waals surface area contributed by atoms with Crippen LogP contribution in [0.5, 0.6) is 5.88 Å². The number of carbonyl (C=O) groups excluding carboxylic acids is 2. The van der Waals surface area contributed by atoms with Gasteiger partial charge in [0.15, 0.2) is 0 Å². The molecule has 0 fully saturated rings. The summed E-state index contributed by atoms with van der Waals surface area (Å²) >= 11 is 0. The second-order valence-electron chi connectivity index (χ2n) is 9.16. The van der Waals surface area contributed by atoms with Crippen LogP contribution in [0.3, 0.4) is 0 Å². The number of carbonyl (C=O) groups is 4. The lowest BCUT2D eigenvalue weighted by Crippen LogP contribution is -2.42. The van der Waals surface area contributed by atoms with Crippen molar-refractivity contribution in [2.45, 2.75) is 13.8 Å². The molecule has 0 atom stereocenters. The summed E-state index contributed by atoms with van der Waals surface area (Å²) in [5, 5.41) is 39.0. The first kappa shape index (κ1) is 29.5. The number of aromatic carboxylic acids is 2. The average Bonchev–Trinajstić information content (AvgIpc) is 2.97. The molecule has 4 rings (SSSR count). The number of anilines is 1. The summed E-state index contributed by atoms with van der Waals surface area (Å²) < 4.78 is 0.846. The lowest BCUT2D eigenvalue weighted by Gasteiger charge is -2.27. The average molecular weight is 577 g/mol. The van der Waals surface area contributed by atoms with E-state index < -0.39 is 35.2 Å². The number of imide groups is 1. The minimum atomic E-state index is -1.20. The van der Waals surface area contributed by atoms with Crippen LogP contribution in [0.15, 0.2) is 82.3 Å². The van der Waals surface area contributed by atoms with E-state index in [-0.39, 0.29) is 56.0 Å². The van der Waals surface area contributed by atoms with Crippen LogP contribution in [0.25, 0.3) is 16.6 Å². The van der Waals surface area contributed by atoms with E-state index in [0.717, 1.165) is 9.47 Å². The Bertz CT molecular complexity index is 1970. The van der Waals surface area contributed by atoms with E-state index in [1.165, 1.54) is 80.6 Å². The number of aromatic hydroxyl groups is 1. The quantitative estimate of drug-likeness (QED) is 0.223. The lowest BCUT2D eigenvalue weighted by atomic mass is 9.97. The smallest absolute Gasteiger partial charge is 0.335 e. The van der Waals surface area contributed by atoms with Gasteiger partial charge in [0.2, 0.25) is 5.88 Å². The van der Waals surface area contributed by atoms with Crippen LogP contribution in [0, 0.1) is 24.8 Å². The van der Waals surface area contributed by atoms with Gasteiger partial charge in [0.25, 0.3) is 23.1 Å². The van der Waals surface area contributed by atoms with Crippen molar-refractivity contribution < 1.29 is 34.5 Å². The number of carboxylic acid groups (broad SMARTS) is 2. The standard InChI is InChI=1S/C31H20N4O8/c1-16-22(26(36)34(28(38)24(16)15-32)20-11-7-18(8-12-20)30(40)41)5-4-6-23-17(2)25(33-3)29(39)35(27(23)37)21-13-9-19(10-14-21)31(42)43/h4-14,36H,1-2H3,(H,40,41)(H,42,43). The summed E-state index contributed by atoms with van der Waals surface area (Å²) in [6.07, 6.45) is 3.97. The molecule has 3 N–H and O–H groups in total. The summed E-state index contributed by atoms with van der Waals surface area (Å²) in [4.78, 5) is 65.9. The maximum absolute atomic E-state index is 13.4. The van der Waals surface area contributed by atoms with E-state index in [1.54, 1.807) is 0 Å². The van der Waals surface area contributed by atoms with Gasteiger partial charge < -0.3 is 15.3 Å². The second-order valence-corrected chi connectivity index (χ2v) is 9.16. The third kappa shape index (κ3) is 5.19. The molecule has 0 aliphatic carbocycles. The minimum absolute atomic E-state index is 0.0422. The summed E-state index contributed by atoms with van der Waals surface area (Å²) in [5.41, 5.74) is -1.18. The van der Waals surface area contributed by atoms with Crippen molar-refractivity contribution in [3.05, 3.63) is 127 Å². The van der Waals surface area contributed by atoms with E-state index in [0.29, 0.717) is 0 Å². The molecule has 1 aliphatic rings. The Kier molecular flexibility index (Phi) is 7.89. The highest BCUT2D eigenvalue weighted by Gasteiger charge is 2.36. The first-order valence-electron chi connectivity index (χ1n) is 12.3. The fourth-order valence-electron chi connectivity index (χ4n) is 4.44. The SMILES string of the molecule is [C-]#[N+]C1=C(C)C(=CC=Cc2c(C)c(C#N)c(=O)n(-c3ccc(C(=O)O)cc3)c2O)C(=O)N(c2ccc(C(=O)O)cc2)C1=O. The largest absolute Gasteiger partial charge is 0.494 e. The highest BCUT2D eigenvalue weighted by atomic mass is 16.4. The summed E-state index contributed by atoms with van der Waals surface area (Å²) in [6.45, 7) is 10.4. The molecule has 2 aromatic carbocycles. The first-order valence-corrected chi connectivity index (χ1v) is 12.3. The maximum atomic E-state index is 13.4. The highest BCUT2D eigenvalue weighted by molar-refractivity contribution is 6.30. The van der Waals surface area contributed by atoms with Gasteiger partial charge in [-0.15, -0.1) is 0 Å². The number of carboxylic acids is 2. The molecule has 0 bridgehead atoms. The Morgan fingerprint density at radius 1 is 0.907 bits per heavy atom. The van der Waals surface area contributed by atoms with E-state index in [1.807, 2.05) is 6.07 Å². The van der Waals surface area contributed by atoms with E-state index in [2.05, 4.69) is 4.85 Å². The molecular weight excluding hydrogens is 556 g/mol. The third-order valence-electron chi connectivity index (χ3n) is 6.74. The van der Waals surface area contributed by atoms with Crippen molar-refractivity contribution in [2.75, 3.05) is 4.90 Å². The van der Waals surface area contributed by atoms with Crippen LogP contribution < -0.4 is 10.5 Å². The molecule has 12 nitrogen and oxygen atoms in total. The van der Waals surface area contributed by atoms with Crippen LogP contribution >= 0.6 is 0 Å². The molecule has 0 unspecified atom stereocenters. The van der Waals surface area contributed by atoms with Gasteiger partial charge in [0, 0.05) is 11.1 Å². The fraction of sp³-hybridized carbons (Fsp3) is 0.0645. The summed E-state index contributed by atoms with van der Waals surface area (Å²) in [5.74, 6) is -4.62. The summed E-state index contributed by atoms with van der Waals surface area (Å²) in [6, 6.07) is 11.8. The van der Waals surface area contributed by atoms with Gasteiger partial charge in [0.05, 0.1) is 29.1 Å². The molecule has 1 aliphatic heterocycles. The zero-order valence-corrected chi connectivity index (χ0v) is 22.5. The first-order chi connectivity index (χ1) is 20.4. The number of rotatable bonds is 6. The Hall–Kier alpha value is -6.53. The van der Waals surface area contributed by atoms with Crippen LogP contribution in [0.4, 0.5) is 5.69 Å². The van der Waals surface area contributed by atoms with Crippen LogP contribution in [-0.2, 0) is 9.59 Å². The molecule has 43 heavy (non-hydrogen) atoms. The monoisotopic (exact) mass is 576 g/mol. The third-order valence-corrected chi connectivity index (χ3v) is 6.74. The number of benzene rings is 2. The topological polar surface area (TPSA) is 182 Å². The van der Waals surface area contributed by atoms with E-state index >= 15 is 0 Å². The van der Waals surface area contributed by atoms with Gasteiger partial charge in [-0.1, -0.05) is 12.2 Å². The fourth-order valence-corrected chi connectivity index (χ4v) is 4.44. The molecule has 0 saturated carbocycles. The van der Waals surface area contributed by atoms with Crippen molar-refractivity contribution in [1.82, 2.24) is 4.57 Å². The molecule has 212 valence electrons. The molecular formula is C31H20N4O8. The Labute approximate surface area is 243 Å². The molecule has 0 radical (unpaired) electrons. The normalized spacial score (nSPS) is 14.2. The van der Waals surface area contributed by atoms with E-state index in [4.69, 9.17) is 16.8 Å². The lowest BCUT2D eigenvalue weighted by molar-refractivity contribution is -0.123. The Balaban J connectivity index is 1.82. The maximum Gasteiger partial charge on any atom is 0.335 e. The minimum Gasteiger partial charge on any atom is -0.494 e. The molecule has 12 heteroatoms. The number of nitrogens with zero attached hydrogens (tertiary/aromatic N) is 4. The van der Waals surface area contributed by atoms with Crippen LogP contribution in [0.2, 0.25) is 0 Å². The van der Waals surface area contributed by atoms with Gasteiger partial charge in [0.1, 0.15) is 11.6 Å². The molecule has 2 amide bonds. The van der Waals surface area contributed by atoms with Gasteiger partial charge in [-0.3, -0.25) is 19.3 Å². The summed E-state index contributed by atoms with van der Waals surface area (Å²) in [7, 11) is 0. The zero-order valence-electron chi connectivity index (χ0n) is 22.5. The number of hydrogen-bond donors (Lipinski definition) is 3. The predicted octanol–water partition coefficient (Wildman–Crippen LogP) is 3.83. The number of pyridine rings is 1. The number of hydrogen-bond acceptors (Lipinski definition) is 7. The molecule has 0 saturated heterocycles. The van der Waals surface area contributed by atoms with Gasteiger partial charge >= 0.3 is 11.9 Å². The van der Waals surface area contributed by atoms with Gasteiger partial charge in [-0.05, 0) is 79.6 Å². The molecule has 2 heterocycles. The number of nitriles is 1. The Morgan fingerprint density at radius 3 is 1.93 bits per heavy atom. The Morgan fingerprint density at radius 2 is 1.44 bits per heavy atom. The van der Waals surface area contributed by atoms with Crippen LogP contribution in [0.1, 0.15) is 44.3 Å². The molecule has 3 aromatic rings. The second kappa shape index (κ2) is 11.5. The number of aromatic nitrogens is 1.